The quantitative estimate of drug-likeness (QED) is 0.475. The minimum Gasteiger partial charge on any atom is -0.496 e. The first-order chi connectivity index (χ1) is 11.0. The number of methoxy groups -OCH3 is 1. The predicted octanol–water partition coefficient (Wildman–Crippen LogP) is 1.73. The summed E-state index contributed by atoms with van der Waals surface area (Å²) in [7, 11) is 1.37. The Morgan fingerprint density at radius 1 is 1.35 bits per heavy atom. The molecule has 0 saturated heterocycles. The van der Waals surface area contributed by atoms with Gasteiger partial charge < -0.3 is 19.8 Å². The van der Waals surface area contributed by atoms with Crippen LogP contribution in [-0.4, -0.2) is 35.5 Å². The van der Waals surface area contributed by atoms with Crippen LogP contribution in [-0.2, 0) is 9.53 Å². The lowest BCUT2D eigenvalue weighted by atomic mass is 10.2. The molecular formula is C14H13N3O6. The molecule has 0 spiro atoms. The van der Waals surface area contributed by atoms with Crippen LogP contribution in [0, 0.1) is 10.1 Å². The number of nitro groups is 1. The Hall–Kier alpha value is -3.36. The van der Waals surface area contributed by atoms with E-state index in [4.69, 9.17) is 9.47 Å². The van der Waals surface area contributed by atoms with E-state index in [0.29, 0.717) is 0 Å². The van der Waals surface area contributed by atoms with Crippen LogP contribution in [0.25, 0.3) is 0 Å². The molecule has 1 aromatic heterocycles. The number of carbonyl (C=O) groups is 2. The fourth-order valence-corrected chi connectivity index (χ4v) is 1.75. The second kappa shape index (κ2) is 7.07. The third-order valence-corrected chi connectivity index (χ3v) is 2.83. The van der Waals surface area contributed by atoms with Gasteiger partial charge in [-0.05, 0) is 24.3 Å². The summed E-state index contributed by atoms with van der Waals surface area (Å²) in [6.07, 6.45) is 1.54. The lowest BCUT2D eigenvalue weighted by molar-refractivity contribution is -0.384. The number of aromatic amines is 1. The zero-order valence-electron chi connectivity index (χ0n) is 12.1. The molecule has 2 rings (SSSR count). The fourth-order valence-electron chi connectivity index (χ4n) is 1.75. The number of aromatic nitrogens is 1. The maximum atomic E-state index is 11.8. The second-order valence-electron chi connectivity index (χ2n) is 4.35. The van der Waals surface area contributed by atoms with Crippen molar-refractivity contribution in [3.63, 3.8) is 0 Å². The Labute approximate surface area is 130 Å². The van der Waals surface area contributed by atoms with Crippen LogP contribution in [0.15, 0.2) is 36.5 Å². The molecule has 1 heterocycles. The lowest BCUT2D eigenvalue weighted by Gasteiger charge is -2.08. The van der Waals surface area contributed by atoms with Crippen LogP contribution in [0.1, 0.15) is 10.5 Å². The molecule has 0 radical (unpaired) electrons. The summed E-state index contributed by atoms with van der Waals surface area (Å²) in [5.74, 6) is -1.11. The largest absolute Gasteiger partial charge is 0.496 e. The van der Waals surface area contributed by atoms with Crippen molar-refractivity contribution in [3.8, 4) is 5.75 Å². The number of esters is 1. The van der Waals surface area contributed by atoms with E-state index in [0.717, 1.165) is 0 Å². The highest BCUT2D eigenvalue weighted by Crippen LogP contribution is 2.28. The van der Waals surface area contributed by atoms with Gasteiger partial charge in [0.2, 0.25) is 0 Å². The number of rotatable bonds is 6. The van der Waals surface area contributed by atoms with Crippen molar-refractivity contribution in [1.82, 2.24) is 4.98 Å². The number of nitrogens with zero attached hydrogens (tertiary/aromatic N) is 1. The Kier molecular flexibility index (Phi) is 4.92. The Morgan fingerprint density at radius 2 is 2.13 bits per heavy atom. The Balaban J connectivity index is 2.00. The molecule has 0 bridgehead atoms. The average Bonchev–Trinajstić information content (AvgIpc) is 3.07. The van der Waals surface area contributed by atoms with Gasteiger partial charge in [0, 0.05) is 6.20 Å². The summed E-state index contributed by atoms with van der Waals surface area (Å²) in [4.78, 5) is 36.3. The summed E-state index contributed by atoms with van der Waals surface area (Å²) < 4.78 is 9.68. The second-order valence-corrected chi connectivity index (χ2v) is 4.35. The van der Waals surface area contributed by atoms with Crippen molar-refractivity contribution in [2.75, 3.05) is 19.0 Å². The van der Waals surface area contributed by atoms with Gasteiger partial charge in [-0.1, -0.05) is 0 Å². The fraction of sp³-hybridized carbons (Fsp3) is 0.143. The molecule has 23 heavy (non-hydrogen) atoms. The first kappa shape index (κ1) is 16.0. The third kappa shape index (κ3) is 4.06. The van der Waals surface area contributed by atoms with Crippen LogP contribution in [0.3, 0.4) is 0 Å². The van der Waals surface area contributed by atoms with Gasteiger partial charge in [0.25, 0.3) is 11.6 Å². The number of benzene rings is 1. The number of hydrogen-bond donors (Lipinski definition) is 2. The van der Waals surface area contributed by atoms with Gasteiger partial charge in [0.05, 0.1) is 18.1 Å². The Morgan fingerprint density at radius 3 is 2.74 bits per heavy atom. The number of anilines is 1. The van der Waals surface area contributed by atoms with Gasteiger partial charge >= 0.3 is 5.97 Å². The third-order valence-electron chi connectivity index (χ3n) is 2.83. The standard InChI is InChI=1S/C14H13N3O6/c1-22-9-4-5-10(12(7-9)17(20)21)16-13(18)8-23-14(19)11-3-2-6-15-11/h2-7,15H,8H2,1H3,(H,16,18). The summed E-state index contributed by atoms with van der Waals surface area (Å²) in [6, 6.07) is 7.09. The van der Waals surface area contributed by atoms with E-state index in [1.54, 1.807) is 6.07 Å². The number of nitrogens with one attached hydrogen (secondary N) is 2. The minimum absolute atomic E-state index is 0.0169. The van der Waals surface area contributed by atoms with E-state index in [9.17, 15) is 19.7 Å². The van der Waals surface area contributed by atoms with Crippen molar-refractivity contribution in [2.24, 2.45) is 0 Å². The van der Waals surface area contributed by atoms with E-state index < -0.39 is 23.4 Å². The minimum atomic E-state index is -0.700. The van der Waals surface area contributed by atoms with Crippen LogP contribution in [0.5, 0.6) is 5.75 Å². The zero-order valence-corrected chi connectivity index (χ0v) is 12.1. The SMILES string of the molecule is COc1ccc(NC(=O)COC(=O)c2ccc[nH]2)c([N+](=O)[O-])c1. The van der Waals surface area contributed by atoms with E-state index in [2.05, 4.69) is 10.3 Å². The Bertz CT molecular complexity index is 726. The molecule has 1 aromatic carbocycles. The van der Waals surface area contributed by atoms with Crippen LogP contribution in [0.2, 0.25) is 0 Å². The van der Waals surface area contributed by atoms with Crippen molar-refractivity contribution in [3.05, 3.63) is 52.3 Å². The molecule has 0 saturated carbocycles. The van der Waals surface area contributed by atoms with Gasteiger partial charge in [-0.3, -0.25) is 14.9 Å². The molecule has 120 valence electrons. The summed E-state index contributed by atoms with van der Waals surface area (Å²) >= 11 is 0. The molecule has 2 N–H and O–H groups in total. The maximum absolute atomic E-state index is 11.8. The molecule has 0 fully saturated rings. The average molecular weight is 319 g/mol. The highest BCUT2D eigenvalue weighted by Gasteiger charge is 2.18. The number of H-pyrrole nitrogens is 1. The van der Waals surface area contributed by atoms with E-state index in [1.165, 1.54) is 37.6 Å². The monoisotopic (exact) mass is 319 g/mol. The van der Waals surface area contributed by atoms with Crippen molar-refractivity contribution in [2.45, 2.75) is 0 Å². The smallest absolute Gasteiger partial charge is 0.355 e. The van der Waals surface area contributed by atoms with Crippen LogP contribution >= 0.6 is 0 Å². The maximum Gasteiger partial charge on any atom is 0.355 e. The zero-order chi connectivity index (χ0) is 16.8. The van der Waals surface area contributed by atoms with Gasteiger partial charge in [-0.15, -0.1) is 0 Å². The van der Waals surface area contributed by atoms with E-state index in [1.807, 2.05) is 0 Å². The topological polar surface area (TPSA) is 124 Å². The lowest BCUT2D eigenvalue weighted by Crippen LogP contribution is -2.21. The first-order valence-electron chi connectivity index (χ1n) is 6.44. The van der Waals surface area contributed by atoms with Crippen molar-refractivity contribution < 1.29 is 24.0 Å². The number of hydrogen-bond acceptors (Lipinski definition) is 6. The number of carbonyl (C=O) groups excluding carboxylic acids is 2. The van der Waals surface area contributed by atoms with Gasteiger partial charge in [-0.2, -0.15) is 0 Å². The van der Waals surface area contributed by atoms with Crippen LogP contribution < -0.4 is 10.1 Å². The number of ether oxygens (including phenoxy) is 2. The van der Waals surface area contributed by atoms with E-state index >= 15 is 0 Å². The number of nitro benzene ring substituents is 1. The highest BCUT2D eigenvalue weighted by atomic mass is 16.6. The molecule has 0 unspecified atom stereocenters. The van der Waals surface area contributed by atoms with Gasteiger partial charge in [0.1, 0.15) is 17.1 Å². The number of amides is 1. The van der Waals surface area contributed by atoms with Crippen LogP contribution in [0.4, 0.5) is 11.4 Å². The molecular weight excluding hydrogens is 306 g/mol. The molecule has 0 aliphatic carbocycles. The molecule has 0 atom stereocenters. The summed E-state index contributed by atoms with van der Waals surface area (Å²) in [6.45, 7) is -0.568. The van der Waals surface area contributed by atoms with Gasteiger partial charge in [0.15, 0.2) is 6.61 Å². The molecule has 0 aliphatic rings. The summed E-state index contributed by atoms with van der Waals surface area (Å²) in [5.41, 5.74) is -0.140. The van der Waals surface area contributed by atoms with Crippen molar-refractivity contribution >= 4 is 23.3 Å². The van der Waals surface area contributed by atoms with Gasteiger partial charge in [-0.25, -0.2) is 4.79 Å². The molecule has 2 aromatic rings. The van der Waals surface area contributed by atoms with E-state index in [-0.39, 0.29) is 22.8 Å². The first-order valence-corrected chi connectivity index (χ1v) is 6.44. The predicted molar refractivity (Wildman–Crippen MR) is 79.4 cm³/mol. The molecule has 0 aliphatic heterocycles. The summed E-state index contributed by atoms with van der Waals surface area (Å²) in [5, 5.41) is 13.3. The molecule has 9 nitrogen and oxygen atoms in total. The normalized spacial score (nSPS) is 9.96. The molecule has 9 heteroatoms. The molecule has 1 amide bonds. The highest BCUT2D eigenvalue weighted by molar-refractivity contribution is 5.96. The van der Waals surface area contributed by atoms with Crippen molar-refractivity contribution in [1.29, 1.82) is 0 Å².